The smallest absolute Gasteiger partial charge is 0.258 e. The molecule has 0 atom stereocenters. The fourth-order valence-electron chi connectivity index (χ4n) is 2.86. The first-order valence-electron chi connectivity index (χ1n) is 7.88. The summed E-state index contributed by atoms with van der Waals surface area (Å²) in [5.41, 5.74) is 2.30. The number of benzene rings is 1. The summed E-state index contributed by atoms with van der Waals surface area (Å²) in [4.78, 5) is 20.9. The molecule has 0 radical (unpaired) electrons. The number of fused-ring (bicyclic) bond motifs is 1. The summed E-state index contributed by atoms with van der Waals surface area (Å²) in [6.45, 7) is 1.83. The maximum atomic E-state index is 12.0. The minimum absolute atomic E-state index is 0.00956. The maximum Gasteiger partial charge on any atom is 0.258 e. The van der Waals surface area contributed by atoms with Crippen LogP contribution in [0.15, 0.2) is 24.3 Å². The molecule has 116 valence electrons. The molecule has 0 bridgehead atoms. The lowest BCUT2D eigenvalue weighted by Gasteiger charge is -2.22. The molecular weight excluding hydrogens is 278 g/mol. The molecule has 0 aliphatic heterocycles. The molecule has 5 heteroatoms. The molecule has 1 aromatic heterocycles. The Labute approximate surface area is 130 Å². The van der Waals surface area contributed by atoms with E-state index in [4.69, 9.17) is 4.74 Å². The van der Waals surface area contributed by atoms with E-state index in [9.17, 15) is 4.79 Å². The second-order valence-corrected chi connectivity index (χ2v) is 5.79. The molecule has 0 spiro atoms. The summed E-state index contributed by atoms with van der Waals surface area (Å²) in [6.07, 6.45) is 5.80. The quantitative estimate of drug-likeness (QED) is 0.943. The van der Waals surface area contributed by atoms with E-state index < -0.39 is 0 Å². The van der Waals surface area contributed by atoms with E-state index >= 15 is 0 Å². The van der Waals surface area contributed by atoms with E-state index in [2.05, 4.69) is 15.3 Å². The Balaban J connectivity index is 1.60. The minimum atomic E-state index is -0.0822. The van der Waals surface area contributed by atoms with Crippen LogP contribution in [0.2, 0.25) is 0 Å². The zero-order chi connectivity index (χ0) is 15.4. The Bertz CT molecular complexity index is 666. The first-order valence-corrected chi connectivity index (χ1v) is 7.88. The molecule has 1 fully saturated rings. The molecule has 0 unspecified atom stereocenters. The van der Waals surface area contributed by atoms with Crippen molar-refractivity contribution in [1.29, 1.82) is 0 Å². The highest BCUT2D eigenvalue weighted by molar-refractivity contribution is 5.78. The van der Waals surface area contributed by atoms with E-state index in [1.807, 2.05) is 31.2 Å². The molecular formula is C17H21N3O2. The van der Waals surface area contributed by atoms with Gasteiger partial charge in [0.15, 0.2) is 6.61 Å². The third-order valence-corrected chi connectivity index (χ3v) is 4.01. The number of carbonyl (C=O) groups is 1. The Morgan fingerprint density at radius 2 is 1.86 bits per heavy atom. The van der Waals surface area contributed by atoms with Gasteiger partial charge in [0.2, 0.25) is 5.88 Å². The van der Waals surface area contributed by atoms with E-state index in [0.717, 1.165) is 23.9 Å². The highest BCUT2D eigenvalue weighted by Crippen LogP contribution is 2.19. The summed E-state index contributed by atoms with van der Waals surface area (Å²) < 4.78 is 5.56. The lowest BCUT2D eigenvalue weighted by Crippen LogP contribution is -2.39. The van der Waals surface area contributed by atoms with Gasteiger partial charge in [0.25, 0.3) is 5.91 Å². The van der Waals surface area contributed by atoms with Crippen molar-refractivity contribution in [3.8, 4) is 5.88 Å². The van der Waals surface area contributed by atoms with Crippen molar-refractivity contribution in [2.45, 2.75) is 45.1 Å². The van der Waals surface area contributed by atoms with Crippen LogP contribution in [-0.4, -0.2) is 28.5 Å². The van der Waals surface area contributed by atoms with Crippen LogP contribution < -0.4 is 10.1 Å². The molecule has 1 aromatic carbocycles. The third kappa shape index (κ3) is 3.53. The number of aromatic nitrogens is 2. The van der Waals surface area contributed by atoms with Crippen LogP contribution in [0.25, 0.3) is 11.0 Å². The van der Waals surface area contributed by atoms with Crippen LogP contribution >= 0.6 is 0 Å². The van der Waals surface area contributed by atoms with E-state index in [0.29, 0.717) is 17.6 Å². The molecule has 1 aliphatic carbocycles. The van der Waals surface area contributed by atoms with Crippen LogP contribution in [0.4, 0.5) is 0 Å². The summed E-state index contributed by atoms with van der Waals surface area (Å²) in [7, 11) is 0. The van der Waals surface area contributed by atoms with Gasteiger partial charge >= 0.3 is 0 Å². The van der Waals surface area contributed by atoms with Gasteiger partial charge in [-0.1, -0.05) is 31.4 Å². The molecule has 0 saturated heterocycles. The number of nitrogens with zero attached hydrogens (tertiary/aromatic N) is 2. The Kier molecular flexibility index (Phi) is 4.51. The van der Waals surface area contributed by atoms with E-state index in [1.165, 1.54) is 19.3 Å². The average Bonchev–Trinajstić information content (AvgIpc) is 2.54. The zero-order valence-corrected chi connectivity index (χ0v) is 12.8. The number of aryl methyl sites for hydroxylation is 1. The Morgan fingerprint density at radius 3 is 2.59 bits per heavy atom. The third-order valence-electron chi connectivity index (χ3n) is 4.01. The van der Waals surface area contributed by atoms with Crippen molar-refractivity contribution in [2.24, 2.45) is 0 Å². The number of hydrogen-bond acceptors (Lipinski definition) is 4. The Hall–Kier alpha value is -2.17. The molecule has 1 saturated carbocycles. The number of amides is 1. The van der Waals surface area contributed by atoms with E-state index in [-0.39, 0.29) is 12.5 Å². The van der Waals surface area contributed by atoms with Gasteiger partial charge in [-0.3, -0.25) is 4.79 Å². The van der Waals surface area contributed by atoms with Crippen molar-refractivity contribution in [1.82, 2.24) is 15.3 Å². The standard InChI is InChI=1S/C17H21N3O2/c1-12-17(20-15-10-6-5-9-14(15)18-12)22-11-16(21)19-13-7-3-2-4-8-13/h5-6,9-10,13H,2-4,7-8,11H2,1H3,(H,19,21). The number of rotatable bonds is 4. The topological polar surface area (TPSA) is 64.1 Å². The van der Waals surface area contributed by atoms with Crippen LogP contribution in [0, 0.1) is 6.92 Å². The molecule has 1 amide bonds. The van der Waals surface area contributed by atoms with Gasteiger partial charge < -0.3 is 10.1 Å². The molecule has 5 nitrogen and oxygen atoms in total. The van der Waals surface area contributed by atoms with Crippen molar-refractivity contribution in [3.63, 3.8) is 0 Å². The molecule has 3 rings (SSSR count). The fraction of sp³-hybridized carbons (Fsp3) is 0.471. The maximum absolute atomic E-state index is 12.0. The van der Waals surface area contributed by atoms with Gasteiger partial charge in [-0.05, 0) is 31.9 Å². The van der Waals surface area contributed by atoms with Crippen molar-refractivity contribution in [2.75, 3.05) is 6.61 Å². The van der Waals surface area contributed by atoms with Crippen LogP contribution in [-0.2, 0) is 4.79 Å². The minimum Gasteiger partial charge on any atom is -0.466 e. The second kappa shape index (κ2) is 6.73. The number of carbonyl (C=O) groups excluding carboxylic acids is 1. The number of nitrogens with one attached hydrogen (secondary N) is 1. The van der Waals surface area contributed by atoms with Crippen LogP contribution in [0.1, 0.15) is 37.8 Å². The summed E-state index contributed by atoms with van der Waals surface area (Å²) in [6, 6.07) is 7.93. The van der Waals surface area contributed by atoms with Crippen LogP contribution in [0.3, 0.4) is 0 Å². The molecule has 2 aromatic rings. The number of ether oxygens (including phenoxy) is 1. The first-order chi connectivity index (χ1) is 10.7. The van der Waals surface area contributed by atoms with Gasteiger partial charge in [-0.2, -0.15) is 0 Å². The Morgan fingerprint density at radius 1 is 1.18 bits per heavy atom. The van der Waals surface area contributed by atoms with Gasteiger partial charge in [-0.15, -0.1) is 0 Å². The van der Waals surface area contributed by atoms with Crippen LogP contribution in [0.5, 0.6) is 5.88 Å². The van der Waals surface area contributed by atoms with Crippen molar-refractivity contribution >= 4 is 16.9 Å². The predicted molar refractivity (Wildman–Crippen MR) is 84.8 cm³/mol. The van der Waals surface area contributed by atoms with Crippen molar-refractivity contribution in [3.05, 3.63) is 30.0 Å². The highest BCUT2D eigenvalue weighted by Gasteiger charge is 2.16. The lowest BCUT2D eigenvalue weighted by atomic mass is 9.95. The molecule has 22 heavy (non-hydrogen) atoms. The number of para-hydroxylation sites is 2. The largest absolute Gasteiger partial charge is 0.466 e. The first kappa shape index (κ1) is 14.8. The molecule has 1 aliphatic rings. The summed E-state index contributed by atoms with van der Waals surface area (Å²) in [5.74, 6) is 0.346. The van der Waals surface area contributed by atoms with Gasteiger partial charge in [0.1, 0.15) is 5.69 Å². The van der Waals surface area contributed by atoms with Gasteiger partial charge in [0.05, 0.1) is 11.0 Å². The van der Waals surface area contributed by atoms with Gasteiger partial charge in [-0.25, -0.2) is 9.97 Å². The fourth-order valence-corrected chi connectivity index (χ4v) is 2.86. The monoisotopic (exact) mass is 299 g/mol. The second-order valence-electron chi connectivity index (χ2n) is 5.79. The summed E-state index contributed by atoms with van der Waals surface area (Å²) in [5, 5.41) is 3.03. The predicted octanol–water partition coefficient (Wildman–Crippen LogP) is 2.77. The lowest BCUT2D eigenvalue weighted by molar-refractivity contribution is -0.124. The van der Waals surface area contributed by atoms with Crippen molar-refractivity contribution < 1.29 is 9.53 Å². The van der Waals surface area contributed by atoms with Gasteiger partial charge in [0, 0.05) is 6.04 Å². The SMILES string of the molecule is Cc1nc2ccccc2nc1OCC(=O)NC1CCCCC1. The molecule has 1 heterocycles. The normalized spacial score (nSPS) is 15.7. The zero-order valence-electron chi connectivity index (χ0n) is 12.8. The van der Waals surface area contributed by atoms with E-state index in [1.54, 1.807) is 0 Å². The summed E-state index contributed by atoms with van der Waals surface area (Å²) >= 11 is 0. The average molecular weight is 299 g/mol. The molecule has 1 N–H and O–H groups in total. The highest BCUT2D eigenvalue weighted by atomic mass is 16.5. The number of hydrogen-bond donors (Lipinski definition) is 1.